The van der Waals surface area contributed by atoms with Crippen LogP contribution < -0.4 is 10.2 Å². The Bertz CT molecular complexity index is 948. The number of benzene rings is 3. The molecule has 3 rings (SSSR count). The lowest BCUT2D eigenvalue weighted by Gasteiger charge is -2.08. The molecular formula is C24H24N2O2. The molecule has 0 aliphatic carbocycles. The van der Waals surface area contributed by atoms with Crippen LogP contribution in [-0.2, 0) is 4.79 Å². The van der Waals surface area contributed by atoms with E-state index in [4.69, 9.17) is 4.74 Å². The van der Waals surface area contributed by atoms with Crippen LogP contribution in [0.15, 0.2) is 84.0 Å². The summed E-state index contributed by atoms with van der Waals surface area (Å²) in [7, 11) is 0. The molecule has 4 nitrogen and oxygen atoms in total. The fraction of sp³-hybridized carbons (Fsp3) is 0.167. The molecule has 0 aromatic heterocycles. The second-order valence-electron chi connectivity index (χ2n) is 6.50. The van der Waals surface area contributed by atoms with Gasteiger partial charge in [-0.3, -0.25) is 4.79 Å². The highest BCUT2D eigenvalue weighted by Crippen LogP contribution is 2.20. The van der Waals surface area contributed by atoms with E-state index < -0.39 is 0 Å². The summed E-state index contributed by atoms with van der Waals surface area (Å²) in [6, 6.07) is 26.0. The van der Waals surface area contributed by atoms with E-state index in [1.54, 1.807) is 0 Å². The van der Waals surface area contributed by atoms with Crippen LogP contribution in [0.5, 0.6) is 5.75 Å². The van der Waals surface area contributed by atoms with E-state index in [1.165, 1.54) is 5.56 Å². The molecule has 3 aromatic carbocycles. The lowest BCUT2D eigenvalue weighted by molar-refractivity contribution is -0.123. The van der Waals surface area contributed by atoms with Gasteiger partial charge in [0.25, 0.3) is 5.91 Å². The highest BCUT2D eigenvalue weighted by Gasteiger charge is 2.06. The Balaban J connectivity index is 1.60. The summed E-state index contributed by atoms with van der Waals surface area (Å²) in [6.45, 7) is 3.92. The van der Waals surface area contributed by atoms with Crippen LogP contribution in [0.25, 0.3) is 11.1 Å². The Hall–Kier alpha value is -3.40. The number of nitrogens with zero attached hydrogens (tertiary/aromatic N) is 1. The number of nitrogens with one attached hydrogen (secondary N) is 1. The van der Waals surface area contributed by atoms with Gasteiger partial charge in [0.2, 0.25) is 0 Å². The number of aryl methyl sites for hydroxylation is 1. The standard InChI is InChI=1S/C24H24N2O2/c1-3-23(21-14-12-20(13-15-21)19-9-5-4-6-10-19)25-26-24(27)17-28-22-11-7-8-18(2)16-22/h4-16H,3,17H2,1-2H3,(H,26,27)/b25-23-. The molecule has 0 aliphatic rings. The minimum absolute atomic E-state index is 0.0725. The molecule has 0 spiro atoms. The van der Waals surface area contributed by atoms with Crippen LogP contribution in [0.2, 0.25) is 0 Å². The average Bonchev–Trinajstić information content (AvgIpc) is 2.74. The van der Waals surface area contributed by atoms with Crippen molar-refractivity contribution >= 4 is 11.6 Å². The van der Waals surface area contributed by atoms with Gasteiger partial charge in [0.1, 0.15) is 5.75 Å². The molecule has 0 atom stereocenters. The fourth-order valence-corrected chi connectivity index (χ4v) is 2.85. The lowest BCUT2D eigenvalue weighted by Crippen LogP contribution is -2.26. The Morgan fingerprint density at radius 2 is 1.64 bits per heavy atom. The summed E-state index contributed by atoms with van der Waals surface area (Å²) in [6.07, 6.45) is 0.712. The predicted octanol–water partition coefficient (Wildman–Crippen LogP) is 4.97. The van der Waals surface area contributed by atoms with Crippen molar-refractivity contribution in [3.05, 3.63) is 90.0 Å². The van der Waals surface area contributed by atoms with Gasteiger partial charge in [-0.2, -0.15) is 5.10 Å². The van der Waals surface area contributed by atoms with Crippen LogP contribution in [-0.4, -0.2) is 18.2 Å². The lowest BCUT2D eigenvalue weighted by atomic mass is 10.0. The molecule has 0 saturated carbocycles. The van der Waals surface area contributed by atoms with Crippen molar-refractivity contribution < 1.29 is 9.53 Å². The molecule has 0 unspecified atom stereocenters. The molecular weight excluding hydrogens is 348 g/mol. The quantitative estimate of drug-likeness (QED) is 0.470. The Morgan fingerprint density at radius 3 is 2.32 bits per heavy atom. The molecule has 0 aliphatic heterocycles. The first-order valence-corrected chi connectivity index (χ1v) is 9.36. The molecule has 0 heterocycles. The first-order chi connectivity index (χ1) is 13.7. The average molecular weight is 372 g/mol. The number of amides is 1. The van der Waals surface area contributed by atoms with Crippen molar-refractivity contribution in [2.24, 2.45) is 5.10 Å². The Morgan fingerprint density at radius 1 is 0.929 bits per heavy atom. The van der Waals surface area contributed by atoms with E-state index in [0.29, 0.717) is 12.2 Å². The fourth-order valence-electron chi connectivity index (χ4n) is 2.85. The molecule has 4 heteroatoms. The monoisotopic (exact) mass is 372 g/mol. The van der Waals surface area contributed by atoms with E-state index in [1.807, 2.05) is 68.4 Å². The van der Waals surface area contributed by atoms with Gasteiger partial charge in [-0.15, -0.1) is 0 Å². The number of carbonyl (C=O) groups is 1. The largest absolute Gasteiger partial charge is 0.484 e. The van der Waals surface area contributed by atoms with E-state index in [2.05, 4.69) is 34.8 Å². The third-order valence-corrected chi connectivity index (χ3v) is 4.34. The maximum Gasteiger partial charge on any atom is 0.277 e. The highest BCUT2D eigenvalue weighted by atomic mass is 16.5. The SMILES string of the molecule is CC/C(=N/NC(=O)COc1cccc(C)c1)c1ccc(-c2ccccc2)cc1. The second-order valence-corrected chi connectivity index (χ2v) is 6.50. The Labute approximate surface area is 165 Å². The third-order valence-electron chi connectivity index (χ3n) is 4.34. The summed E-state index contributed by atoms with van der Waals surface area (Å²) in [5.41, 5.74) is 7.80. The first-order valence-electron chi connectivity index (χ1n) is 9.36. The molecule has 28 heavy (non-hydrogen) atoms. The topological polar surface area (TPSA) is 50.7 Å². The number of carbonyl (C=O) groups excluding carboxylic acids is 1. The second kappa shape index (κ2) is 9.51. The number of hydrogen-bond donors (Lipinski definition) is 1. The highest BCUT2D eigenvalue weighted by molar-refractivity contribution is 6.01. The van der Waals surface area contributed by atoms with Crippen molar-refractivity contribution in [1.29, 1.82) is 0 Å². The van der Waals surface area contributed by atoms with Crippen LogP contribution in [0.3, 0.4) is 0 Å². The minimum atomic E-state index is -0.284. The van der Waals surface area contributed by atoms with Crippen LogP contribution in [0.4, 0.5) is 0 Å². The van der Waals surface area contributed by atoms with Gasteiger partial charge >= 0.3 is 0 Å². The zero-order valence-electron chi connectivity index (χ0n) is 16.2. The normalized spacial score (nSPS) is 11.1. The van der Waals surface area contributed by atoms with Gasteiger partial charge < -0.3 is 4.74 Å². The van der Waals surface area contributed by atoms with Gasteiger partial charge in [0.05, 0.1) is 5.71 Å². The third kappa shape index (κ3) is 5.30. The summed E-state index contributed by atoms with van der Waals surface area (Å²) in [5, 5.41) is 4.28. The zero-order valence-corrected chi connectivity index (χ0v) is 16.2. The van der Waals surface area contributed by atoms with Crippen LogP contribution >= 0.6 is 0 Å². The van der Waals surface area contributed by atoms with Crippen LogP contribution in [0.1, 0.15) is 24.5 Å². The van der Waals surface area contributed by atoms with Gasteiger partial charge in [-0.25, -0.2) is 5.43 Å². The Kier molecular flexibility index (Phi) is 6.58. The van der Waals surface area contributed by atoms with E-state index in [-0.39, 0.29) is 12.5 Å². The van der Waals surface area contributed by atoms with E-state index in [0.717, 1.165) is 22.4 Å². The molecule has 3 aromatic rings. The molecule has 1 N–H and O–H groups in total. The van der Waals surface area contributed by atoms with Crippen molar-refractivity contribution in [1.82, 2.24) is 5.43 Å². The van der Waals surface area contributed by atoms with Crippen molar-refractivity contribution in [3.8, 4) is 16.9 Å². The molecule has 0 fully saturated rings. The number of hydrazone groups is 1. The smallest absolute Gasteiger partial charge is 0.277 e. The number of ether oxygens (including phenoxy) is 1. The van der Waals surface area contributed by atoms with Crippen LogP contribution in [0, 0.1) is 6.92 Å². The predicted molar refractivity (Wildman–Crippen MR) is 114 cm³/mol. The molecule has 1 amide bonds. The maximum absolute atomic E-state index is 12.0. The van der Waals surface area contributed by atoms with Crippen molar-refractivity contribution in [3.63, 3.8) is 0 Å². The van der Waals surface area contributed by atoms with Gasteiger partial charge in [0.15, 0.2) is 6.61 Å². The van der Waals surface area contributed by atoms with E-state index in [9.17, 15) is 4.79 Å². The zero-order chi connectivity index (χ0) is 19.8. The molecule has 0 saturated heterocycles. The van der Waals surface area contributed by atoms with Crippen molar-refractivity contribution in [2.75, 3.05) is 6.61 Å². The van der Waals surface area contributed by atoms with Gasteiger partial charge in [-0.05, 0) is 47.7 Å². The first kappa shape index (κ1) is 19.4. The molecule has 0 radical (unpaired) electrons. The summed E-state index contributed by atoms with van der Waals surface area (Å²) < 4.78 is 5.50. The number of rotatable bonds is 7. The van der Waals surface area contributed by atoms with Crippen molar-refractivity contribution in [2.45, 2.75) is 20.3 Å². The summed E-state index contributed by atoms with van der Waals surface area (Å²) in [5.74, 6) is 0.389. The van der Waals surface area contributed by atoms with Gasteiger partial charge in [0, 0.05) is 0 Å². The molecule has 0 bridgehead atoms. The maximum atomic E-state index is 12.0. The minimum Gasteiger partial charge on any atom is -0.484 e. The van der Waals surface area contributed by atoms with Gasteiger partial charge in [-0.1, -0.05) is 73.7 Å². The summed E-state index contributed by atoms with van der Waals surface area (Å²) >= 11 is 0. The number of hydrogen-bond acceptors (Lipinski definition) is 3. The van der Waals surface area contributed by atoms with E-state index >= 15 is 0 Å². The molecule has 142 valence electrons. The summed E-state index contributed by atoms with van der Waals surface area (Å²) in [4.78, 5) is 12.0.